The van der Waals surface area contributed by atoms with Crippen LogP contribution in [0.15, 0.2) is 6.20 Å². The molecule has 2 fully saturated rings. The lowest BCUT2D eigenvalue weighted by atomic mass is 9.92. The Labute approximate surface area is 148 Å². The van der Waals surface area contributed by atoms with Gasteiger partial charge in [0.1, 0.15) is 0 Å². The maximum atomic E-state index is 12.0. The van der Waals surface area contributed by atoms with Gasteiger partial charge in [-0.05, 0) is 58.0 Å². The van der Waals surface area contributed by atoms with Gasteiger partial charge in [0.2, 0.25) is 5.91 Å². The van der Waals surface area contributed by atoms with Crippen molar-refractivity contribution in [2.24, 2.45) is 5.92 Å². The first-order chi connectivity index (χ1) is 11.7. The van der Waals surface area contributed by atoms with Crippen molar-refractivity contribution in [3.63, 3.8) is 0 Å². The normalized spacial score (nSPS) is 22.8. The van der Waals surface area contributed by atoms with E-state index in [2.05, 4.69) is 22.1 Å². The summed E-state index contributed by atoms with van der Waals surface area (Å²) in [6.45, 7) is 6.90. The summed E-state index contributed by atoms with van der Waals surface area (Å²) in [5.41, 5.74) is 0. The average Bonchev–Trinajstić information content (AvgIpc) is 3.24. The lowest BCUT2D eigenvalue weighted by molar-refractivity contribution is -0.122. The van der Waals surface area contributed by atoms with Crippen molar-refractivity contribution in [3.05, 3.63) is 16.1 Å². The third-order valence-electron chi connectivity index (χ3n) is 5.09. The molecule has 2 aliphatic rings. The molecular formula is C18H29N3O2S. The van der Waals surface area contributed by atoms with E-state index in [9.17, 15) is 4.79 Å². The number of amides is 1. The smallest absolute Gasteiger partial charge is 0.220 e. The summed E-state index contributed by atoms with van der Waals surface area (Å²) >= 11 is 1.80. The molecule has 2 saturated heterocycles. The zero-order chi connectivity index (χ0) is 16.8. The highest BCUT2D eigenvalue weighted by atomic mass is 32.1. The highest BCUT2D eigenvalue weighted by Gasteiger charge is 2.21. The maximum absolute atomic E-state index is 12.0. The monoisotopic (exact) mass is 351 g/mol. The molecule has 134 valence electrons. The second-order valence-electron chi connectivity index (χ2n) is 7.04. The summed E-state index contributed by atoms with van der Waals surface area (Å²) in [5, 5.41) is 4.18. The van der Waals surface area contributed by atoms with Gasteiger partial charge >= 0.3 is 0 Å². The number of hydrogen-bond donors (Lipinski definition) is 1. The molecule has 0 unspecified atom stereocenters. The number of nitrogens with one attached hydrogen (secondary N) is 1. The van der Waals surface area contributed by atoms with Gasteiger partial charge in [0.05, 0.1) is 11.1 Å². The van der Waals surface area contributed by atoms with Crippen molar-refractivity contribution >= 4 is 17.2 Å². The standard InChI is InChI=1S/C18H29N3O2S/c1-14-19-12-17(24-14)13-21-8-6-15(7-9-21)4-5-18(22)20-11-16-3-2-10-23-16/h12,15-16H,2-11,13H2,1H3,(H,20,22)/t16-/m0/s1. The Balaban J connectivity index is 1.28. The van der Waals surface area contributed by atoms with E-state index >= 15 is 0 Å². The minimum absolute atomic E-state index is 0.188. The van der Waals surface area contributed by atoms with E-state index in [0.717, 1.165) is 50.5 Å². The van der Waals surface area contributed by atoms with Crippen molar-refractivity contribution in [1.82, 2.24) is 15.2 Å². The van der Waals surface area contributed by atoms with Crippen LogP contribution >= 0.6 is 11.3 Å². The first kappa shape index (κ1) is 17.8. The molecule has 0 spiro atoms. The van der Waals surface area contributed by atoms with Crippen molar-refractivity contribution in [3.8, 4) is 0 Å². The van der Waals surface area contributed by atoms with Crippen LogP contribution in [0.4, 0.5) is 0 Å². The highest BCUT2D eigenvalue weighted by Crippen LogP contribution is 2.24. The Hall–Kier alpha value is -0.980. The van der Waals surface area contributed by atoms with Gasteiger partial charge in [-0.1, -0.05) is 0 Å². The van der Waals surface area contributed by atoms with Gasteiger partial charge in [-0.25, -0.2) is 4.98 Å². The fourth-order valence-electron chi connectivity index (χ4n) is 3.59. The van der Waals surface area contributed by atoms with E-state index in [0.29, 0.717) is 18.9 Å². The molecular weight excluding hydrogens is 322 g/mol. The topological polar surface area (TPSA) is 54.5 Å². The van der Waals surface area contributed by atoms with Crippen LogP contribution in [0, 0.1) is 12.8 Å². The molecule has 3 heterocycles. The molecule has 1 N–H and O–H groups in total. The molecule has 24 heavy (non-hydrogen) atoms. The molecule has 0 aliphatic carbocycles. The molecule has 1 amide bonds. The van der Waals surface area contributed by atoms with E-state index in [1.165, 1.54) is 17.7 Å². The molecule has 0 aromatic carbocycles. The maximum Gasteiger partial charge on any atom is 0.220 e. The van der Waals surface area contributed by atoms with Gasteiger partial charge in [-0.3, -0.25) is 9.69 Å². The number of likely N-dealkylation sites (tertiary alicyclic amines) is 1. The molecule has 2 aliphatic heterocycles. The van der Waals surface area contributed by atoms with Gasteiger partial charge in [0.15, 0.2) is 0 Å². The van der Waals surface area contributed by atoms with E-state index in [-0.39, 0.29) is 12.0 Å². The Bertz CT molecular complexity index is 520. The van der Waals surface area contributed by atoms with Gasteiger partial charge in [0, 0.05) is 37.2 Å². The number of thiazole rings is 1. The summed E-state index contributed by atoms with van der Waals surface area (Å²) in [6.07, 6.45) is 8.54. The minimum Gasteiger partial charge on any atom is -0.376 e. The molecule has 1 aromatic heterocycles. The quantitative estimate of drug-likeness (QED) is 0.821. The number of aryl methyl sites for hydroxylation is 1. The summed E-state index contributed by atoms with van der Waals surface area (Å²) in [7, 11) is 0. The summed E-state index contributed by atoms with van der Waals surface area (Å²) in [5.74, 6) is 0.881. The number of piperidine rings is 1. The van der Waals surface area contributed by atoms with Crippen LogP contribution in [0.5, 0.6) is 0 Å². The molecule has 3 rings (SSSR count). The van der Waals surface area contributed by atoms with Gasteiger partial charge in [-0.15, -0.1) is 11.3 Å². The van der Waals surface area contributed by atoms with Crippen LogP contribution in [0.2, 0.25) is 0 Å². The fourth-order valence-corrected chi connectivity index (χ4v) is 4.43. The fraction of sp³-hybridized carbons (Fsp3) is 0.778. The number of carbonyl (C=O) groups is 1. The SMILES string of the molecule is Cc1ncc(CN2CCC(CCC(=O)NC[C@@H]3CCCO3)CC2)s1. The minimum atomic E-state index is 0.188. The van der Waals surface area contributed by atoms with E-state index < -0.39 is 0 Å². The third-order valence-corrected chi connectivity index (χ3v) is 5.98. The van der Waals surface area contributed by atoms with Crippen molar-refractivity contribution in [2.75, 3.05) is 26.2 Å². The Kier molecular flexibility index (Phi) is 6.63. The lowest BCUT2D eigenvalue weighted by Gasteiger charge is -2.31. The Morgan fingerprint density at radius 1 is 1.42 bits per heavy atom. The van der Waals surface area contributed by atoms with Crippen molar-refractivity contribution in [2.45, 2.75) is 58.1 Å². The van der Waals surface area contributed by atoms with E-state index in [1.807, 2.05) is 6.20 Å². The molecule has 1 aromatic rings. The summed E-state index contributed by atoms with van der Waals surface area (Å²) in [4.78, 5) is 20.2. The van der Waals surface area contributed by atoms with Crippen molar-refractivity contribution in [1.29, 1.82) is 0 Å². The Morgan fingerprint density at radius 3 is 2.92 bits per heavy atom. The van der Waals surface area contributed by atoms with Crippen LogP contribution in [-0.2, 0) is 16.1 Å². The molecule has 0 bridgehead atoms. The lowest BCUT2D eigenvalue weighted by Crippen LogP contribution is -2.34. The van der Waals surface area contributed by atoms with Crippen molar-refractivity contribution < 1.29 is 9.53 Å². The summed E-state index contributed by atoms with van der Waals surface area (Å²) < 4.78 is 5.54. The third kappa shape index (κ3) is 5.53. The number of nitrogens with zero attached hydrogens (tertiary/aromatic N) is 2. The first-order valence-corrected chi connectivity index (χ1v) is 10.0. The average molecular weight is 352 g/mol. The van der Waals surface area contributed by atoms with E-state index in [1.54, 1.807) is 11.3 Å². The molecule has 0 saturated carbocycles. The first-order valence-electron chi connectivity index (χ1n) is 9.21. The van der Waals surface area contributed by atoms with Gasteiger partial charge < -0.3 is 10.1 Å². The predicted octanol–water partition coefficient (Wildman–Crippen LogP) is 2.74. The van der Waals surface area contributed by atoms with E-state index in [4.69, 9.17) is 4.74 Å². The summed E-state index contributed by atoms with van der Waals surface area (Å²) in [6, 6.07) is 0. The zero-order valence-corrected chi connectivity index (χ0v) is 15.4. The van der Waals surface area contributed by atoms with Gasteiger partial charge in [0.25, 0.3) is 0 Å². The van der Waals surface area contributed by atoms with Crippen LogP contribution in [0.25, 0.3) is 0 Å². The van der Waals surface area contributed by atoms with Crippen LogP contribution in [0.1, 0.15) is 48.4 Å². The second kappa shape index (κ2) is 8.92. The number of ether oxygens (including phenoxy) is 1. The molecule has 6 heteroatoms. The highest BCUT2D eigenvalue weighted by molar-refractivity contribution is 7.11. The number of carbonyl (C=O) groups excluding carboxylic acids is 1. The number of hydrogen-bond acceptors (Lipinski definition) is 5. The number of aromatic nitrogens is 1. The molecule has 5 nitrogen and oxygen atoms in total. The van der Waals surface area contributed by atoms with Crippen LogP contribution in [0.3, 0.4) is 0 Å². The number of rotatable bonds is 7. The molecule has 1 atom stereocenters. The van der Waals surface area contributed by atoms with Crippen LogP contribution < -0.4 is 5.32 Å². The van der Waals surface area contributed by atoms with Gasteiger partial charge in [-0.2, -0.15) is 0 Å². The zero-order valence-electron chi connectivity index (χ0n) is 14.6. The largest absolute Gasteiger partial charge is 0.376 e. The second-order valence-corrected chi connectivity index (χ2v) is 8.36. The predicted molar refractivity (Wildman–Crippen MR) is 96.1 cm³/mol. The Morgan fingerprint density at radius 2 is 2.25 bits per heavy atom. The molecule has 0 radical (unpaired) electrons. The van der Waals surface area contributed by atoms with Crippen LogP contribution in [-0.4, -0.2) is 48.1 Å².